The van der Waals surface area contributed by atoms with Gasteiger partial charge >= 0.3 is 0 Å². The van der Waals surface area contributed by atoms with Gasteiger partial charge < -0.3 is 25.1 Å². The van der Waals surface area contributed by atoms with E-state index in [4.69, 9.17) is 9.57 Å². The van der Waals surface area contributed by atoms with Crippen molar-refractivity contribution in [1.29, 1.82) is 0 Å². The number of rotatable bonds is 9. The van der Waals surface area contributed by atoms with Gasteiger partial charge in [0.15, 0.2) is 5.82 Å². The molecule has 1 saturated heterocycles. The van der Waals surface area contributed by atoms with Crippen molar-refractivity contribution in [1.82, 2.24) is 30.5 Å². The Morgan fingerprint density at radius 2 is 1.84 bits per heavy atom. The molecule has 0 bridgehead atoms. The predicted molar refractivity (Wildman–Crippen MR) is 150 cm³/mol. The zero-order valence-electron chi connectivity index (χ0n) is 23.0. The highest BCUT2D eigenvalue weighted by atomic mass is 16.7. The summed E-state index contributed by atoms with van der Waals surface area (Å²) < 4.78 is 6.27. The van der Waals surface area contributed by atoms with Crippen LogP contribution in [0.2, 0.25) is 0 Å². The molecule has 1 fully saturated rings. The van der Waals surface area contributed by atoms with E-state index in [1.807, 2.05) is 44.2 Å². The topological polar surface area (TPSA) is 112 Å². The number of nitrogens with zero attached hydrogens (tertiary/aromatic N) is 4. The number of aromatic nitrogens is 4. The summed E-state index contributed by atoms with van der Waals surface area (Å²) in [5.41, 5.74) is 5.25. The fourth-order valence-corrected chi connectivity index (χ4v) is 4.21. The van der Waals surface area contributed by atoms with Crippen LogP contribution in [-0.4, -0.2) is 57.9 Å². The lowest BCUT2D eigenvalue weighted by Crippen LogP contribution is -2.35. The molecule has 4 N–H and O–H groups in total. The zero-order chi connectivity index (χ0) is 26.9. The van der Waals surface area contributed by atoms with E-state index in [0.29, 0.717) is 35.9 Å². The van der Waals surface area contributed by atoms with Crippen LogP contribution >= 0.6 is 0 Å². The highest BCUT2D eigenvalue weighted by molar-refractivity contribution is 5.55. The molecule has 2 aromatic heterocycles. The van der Waals surface area contributed by atoms with Gasteiger partial charge in [0, 0.05) is 30.9 Å². The van der Waals surface area contributed by atoms with Crippen LogP contribution in [0.15, 0.2) is 54.3 Å². The van der Waals surface area contributed by atoms with E-state index in [0.717, 1.165) is 42.9 Å². The highest BCUT2D eigenvalue weighted by Crippen LogP contribution is 2.25. The van der Waals surface area contributed by atoms with Crippen molar-refractivity contribution in [2.24, 2.45) is 0 Å². The lowest BCUT2D eigenvalue weighted by molar-refractivity contribution is 0.110. The number of anilines is 3. The molecule has 10 nitrogen and oxygen atoms in total. The van der Waals surface area contributed by atoms with Gasteiger partial charge in [0.25, 0.3) is 0 Å². The summed E-state index contributed by atoms with van der Waals surface area (Å²) >= 11 is 0. The van der Waals surface area contributed by atoms with E-state index in [1.54, 1.807) is 0 Å². The van der Waals surface area contributed by atoms with E-state index < -0.39 is 0 Å². The van der Waals surface area contributed by atoms with Crippen molar-refractivity contribution in [2.75, 3.05) is 37.3 Å². The molecule has 1 unspecified atom stereocenters. The Morgan fingerprint density at radius 3 is 2.55 bits per heavy atom. The maximum absolute atomic E-state index is 6.27. The smallest absolute Gasteiger partial charge is 0.228 e. The predicted octanol–water partition coefficient (Wildman–Crippen LogP) is 5.14. The molecule has 0 saturated carbocycles. The molecule has 10 heteroatoms. The van der Waals surface area contributed by atoms with Gasteiger partial charge in [-0.05, 0) is 37.4 Å². The Labute approximate surface area is 225 Å². The Morgan fingerprint density at radius 1 is 1.08 bits per heavy atom. The first-order valence-corrected chi connectivity index (χ1v) is 13.5. The van der Waals surface area contributed by atoms with Crippen LogP contribution < -0.4 is 20.9 Å². The van der Waals surface area contributed by atoms with Crippen molar-refractivity contribution >= 4 is 17.6 Å². The Kier molecular flexibility index (Phi) is 9.56. The number of likely N-dealkylation sites (tertiary alicyclic amines) is 1. The third-order valence-electron chi connectivity index (χ3n) is 6.38. The van der Waals surface area contributed by atoms with Crippen molar-refractivity contribution in [3.63, 3.8) is 0 Å². The van der Waals surface area contributed by atoms with Crippen molar-refractivity contribution in [2.45, 2.75) is 58.6 Å². The minimum absolute atomic E-state index is 0.00932. The van der Waals surface area contributed by atoms with Crippen molar-refractivity contribution in [3.8, 4) is 5.88 Å². The molecule has 0 radical (unpaired) electrons. The molecular weight excluding hydrogens is 480 g/mol. The quantitative estimate of drug-likeness (QED) is 0.305. The first-order chi connectivity index (χ1) is 18.5. The van der Waals surface area contributed by atoms with Gasteiger partial charge in [0.2, 0.25) is 11.8 Å². The maximum Gasteiger partial charge on any atom is 0.228 e. The Balaban J connectivity index is 0.00000164. The van der Waals surface area contributed by atoms with E-state index in [9.17, 15) is 0 Å². The first kappa shape index (κ1) is 27.4. The Bertz CT molecular complexity index is 1170. The average molecular weight is 521 g/mol. The number of aromatic amines is 1. The molecule has 4 heterocycles. The standard InChI is InChI=1S/C26H34N8O2.C2H6/c1-17(2)21-14-24(32-31-21)28-23-15-25(35-19-9-11-34(3)12-10-19)30-26(29-23)27-16-20-13-22(33-36-20)18-7-5-4-6-8-18;1-2/h4-8,13-15,17,19,22,33H,9-12,16H2,1-3H3,(H3,27,28,29,30,31,32);1-2H3. The number of benzene rings is 1. The molecule has 0 spiro atoms. The van der Waals surface area contributed by atoms with Gasteiger partial charge in [-0.1, -0.05) is 58.0 Å². The molecule has 2 aliphatic rings. The largest absolute Gasteiger partial charge is 0.474 e. The Hall–Kier alpha value is -3.63. The number of ether oxygens (including phenoxy) is 1. The average Bonchev–Trinajstić information content (AvgIpc) is 3.61. The van der Waals surface area contributed by atoms with Gasteiger partial charge in [0.1, 0.15) is 17.7 Å². The summed E-state index contributed by atoms with van der Waals surface area (Å²) in [4.78, 5) is 17.3. The van der Waals surface area contributed by atoms with Crippen molar-refractivity contribution in [3.05, 3.63) is 65.6 Å². The molecule has 2 aliphatic heterocycles. The molecule has 3 aromatic rings. The number of nitrogens with one attached hydrogen (secondary N) is 4. The van der Waals surface area contributed by atoms with E-state index >= 15 is 0 Å². The molecule has 1 aromatic carbocycles. The maximum atomic E-state index is 6.27. The summed E-state index contributed by atoms with van der Waals surface area (Å²) in [6.07, 6.45) is 4.12. The van der Waals surface area contributed by atoms with Crippen LogP contribution in [0.1, 0.15) is 63.8 Å². The second-order valence-electron chi connectivity index (χ2n) is 9.62. The number of hydrogen-bond acceptors (Lipinski definition) is 9. The zero-order valence-corrected chi connectivity index (χ0v) is 23.0. The number of hydroxylamine groups is 1. The van der Waals surface area contributed by atoms with Crippen molar-refractivity contribution < 1.29 is 9.57 Å². The summed E-state index contributed by atoms with van der Waals surface area (Å²) in [7, 11) is 2.14. The van der Waals surface area contributed by atoms with Gasteiger partial charge in [-0.25, -0.2) is 0 Å². The summed E-state index contributed by atoms with van der Waals surface area (Å²) in [5, 5.41) is 14.0. The molecule has 0 amide bonds. The van der Waals surface area contributed by atoms with Crippen LogP contribution in [0.25, 0.3) is 0 Å². The normalized spacial score (nSPS) is 17.8. The lowest BCUT2D eigenvalue weighted by atomic mass is 10.1. The minimum Gasteiger partial charge on any atom is -0.474 e. The van der Waals surface area contributed by atoms with Crippen LogP contribution in [0.3, 0.4) is 0 Å². The monoisotopic (exact) mass is 520 g/mol. The van der Waals surface area contributed by atoms with Gasteiger partial charge in [-0.2, -0.15) is 15.1 Å². The fourth-order valence-electron chi connectivity index (χ4n) is 4.21. The molecule has 204 valence electrons. The third-order valence-corrected chi connectivity index (χ3v) is 6.38. The third kappa shape index (κ3) is 7.45. The first-order valence-electron chi connectivity index (χ1n) is 13.5. The molecule has 38 heavy (non-hydrogen) atoms. The number of hydrogen-bond donors (Lipinski definition) is 4. The van der Waals surface area contributed by atoms with Crippen LogP contribution in [-0.2, 0) is 4.84 Å². The number of H-pyrrole nitrogens is 1. The van der Waals surface area contributed by atoms with E-state index in [1.165, 1.54) is 0 Å². The minimum atomic E-state index is 0.00932. The second kappa shape index (κ2) is 13.3. The highest BCUT2D eigenvalue weighted by Gasteiger charge is 2.21. The SMILES string of the molecule is CC.CC(C)c1cc(Nc2cc(OC3CCN(C)CC3)nc(NCC3=CC(c4ccccc4)NO3)n2)n[nH]1. The summed E-state index contributed by atoms with van der Waals surface area (Å²) in [5.74, 6) is 3.43. The van der Waals surface area contributed by atoms with Crippen LogP contribution in [0.4, 0.5) is 17.6 Å². The fraction of sp³-hybridized carbons (Fsp3) is 0.464. The lowest BCUT2D eigenvalue weighted by Gasteiger charge is -2.29. The van der Waals surface area contributed by atoms with Gasteiger partial charge in [-0.3, -0.25) is 5.10 Å². The van der Waals surface area contributed by atoms with E-state index in [2.05, 4.69) is 80.3 Å². The summed E-state index contributed by atoms with van der Waals surface area (Å²) in [6, 6.07) is 14.0. The molecule has 5 rings (SSSR count). The van der Waals surface area contributed by atoms with Crippen LogP contribution in [0, 0.1) is 0 Å². The van der Waals surface area contributed by atoms with E-state index in [-0.39, 0.29) is 12.1 Å². The molecular formula is C28H40N8O2. The molecule has 0 aliphatic carbocycles. The van der Waals surface area contributed by atoms with Crippen LogP contribution in [0.5, 0.6) is 5.88 Å². The van der Waals surface area contributed by atoms with Gasteiger partial charge in [0.05, 0.1) is 12.6 Å². The second-order valence-corrected chi connectivity index (χ2v) is 9.62. The summed E-state index contributed by atoms with van der Waals surface area (Å²) in [6.45, 7) is 10.7. The molecule has 1 atom stereocenters. The van der Waals surface area contributed by atoms with Gasteiger partial charge in [-0.15, -0.1) is 5.48 Å². The number of piperidine rings is 1.